The van der Waals surface area contributed by atoms with Crippen molar-refractivity contribution in [2.24, 2.45) is 0 Å². The van der Waals surface area contributed by atoms with E-state index in [-0.39, 0.29) is 6.03 Å². The van der Waals surface area contributed by atoms with Crippen LogP contribution in [0.25, 0.3) is 0 Å². The van der Waals surface area contributed by atoms with Crippen molar-refractivity contribution in [2.75, 3.05) is 40.8 Å². The van der Waals surface area contributed by atoms with Crippen LogP contribution < -0.4 is 0 Å². The van der Waals surface area contributed by atoms with Crippen molar-refractivity contribution in [3.63, 3.8) is 0 Å². The lowest BCUT2D eigenvalue weighted by Crippen LogP contribution is -2.46. The molecule has 2 aliphatic heterocycles. The summed E-state index contributed by atoms with van der Waals surface area (Å²) in [5.74, 6) is 0. The van der Waals surface area contributed by atoms with E-state index < -0.39 is 0 Å². The molecule has 1 atom stereocenters. The number of hydrogen-bond donors (Lipinski definition) is 0. The Morgan fingerprint density at radius 2 is 2.00 bits per heavy atom. The largest absolute Gasteiger partial charge is 0.331 e. The van der Waals surface area contributed by atoms with Gasteiger partial charge < -0.3 is 9.80 Å². The van der Waals surface area contributed by atoms with Crippen LogP contribution in [0.3, 0.4) is 0 Å². The molecule has 4 heteroatoms. The molecule has 0 radical (unpaired) electrons. The highest BCUT2D eigenvalue weighted by Crippen LogP contribution is 2.36. The summed E-state index contributed by atoms with van der Waals surface area (Å²) in [6.45, 7) is 3.02. The fraction of sp³-hybridized carbons (Fsp3) is 0.909. The van der Waals surface area contributed by atoms with Gasteiger partial charge in [0.25, 0.3) is 0 Å². The van der Waals surface area contributed by atoms with Gasteiger partial charge in [-0.3, -0.25) is 4.90 Å². The Morgan fingerprint density at radius 3 is 2.53 bits per heavy atom. The van der Waals surface area contributed by atoms with E-state index in [1.807, 2.05) is 19.0 Å². The summed E-state index contributed by atoms with van der Waals surface area (Å²) in [5.41, 5.74) is 0.297. The molecule has 2 fully saturated rings. The van der Waals surface area contributed by atoms with Crippen LogP contribution in [0.4, 0.5) is 4.79 Å². The number of amides is 2. The fourth-order valence-electron chi connectivity index (χ4n) is 2.89. The number of rotatable bonds is 0. The molecule has 0 aromatic heterocycles. The van der Waals surface area contributed by atoms with E-state index in [4.69, 9.17) is 0 Å². The number of likely N-dealkylation sites (N-methyl/N-ethyl adjacent to an activating group) is 1. The summed E-state index contributed by atoms with van der Waals surface area (Å²) in [4.78, 5) is 17.9. The molecule has 2 rings (SSSR count). The van der Waals surface area contributed by atoms with Gasteiger partial charge in [-0.05, 0) is 32.9 Å². The Balaban J connectivity index is 2.03. The average Bonchev–Trinajstić information content (AvgIpc) is 2.76. The molecule has 1 spiro atoms. The summed E-state index contributed by atoms with van der Waals surface area (Å²) in [6.07, 6.45) is 3.67. The highest BCUT2D eigenvalue weighted by atomic mass is 16.2. The Labute approximate surface area is 91.8 Å². The van der Waals surface area contributed by atoms with Gasteiger partial charge in [0.15, 0.2) is 0 Å². The van der Waals surface area contributed by atoms with Gasteiger partial charge in [-0.2, -0.15) is 0 Å². The number of carbonyl (C=O) groups is 1. The number of likely N-dealkylation sites (tertiary alicyclic amines) is 2. The maximum Gasteiger partial charge on any atom is 0.319 e. The third-order valence-corrected chi connectivity index (χ3v) is 3.93. The smallest absolute Gasteiger partial charge is 0.319 e. The van der Waals surface area contributed by atoms with Crippen LogP contribution in [0.5, 0.6) is 0 Å². The summed E-state index contributed by atoms with van der Waals surface area (Å²) in [5, 5.41) is 0. The van der Waals surface area contributed by atoms with Crippen LogP contribution in [0.2, 0.25) is 0 Å². The molecule has 0 saturated carbocycles. The molecule has 0 aliphatic carbocycles. The molecular weight excluding hydrogens is 190 g/mol. The molecule has 15 heavy (non-hydrogen) atoms. The van der Waals surface area contributed by atoms with Gasteiger partial charge in [-0.1, -0.05) is 0 Å². The van der Waals surface area contributed by atoms with Crippen LogP contribution in [-0.2, 0) is 0 Å². The van der Waals surface area contributed by atoms with Crippen molar-refractivity contribution in [3.8, 4) is 0 Å². The van der Waals surface area contributed by atoms with E-state index in [0.29, 0.717) is 5.54 Å². The van der Waals surface area contributed by atoms with E-state index in [2.05, 4.69) is 11.9 Å². The first kappa shape index (κ1) is 10.7. The maximum absolute atomic E-state index is 11.8. The molecule has 1 unspecified atom stereocenters. The van der Waals surface area contributed by atoms with Crippen molar-refractivity contribution >= 4 is 6.03 Å². The summed E-state index contributed by atoms with van der Waals surface area (Å²) in [6, 6.07) is 0.159. The van der Waals surface area contributed by atoms with Crippen molar-refractivity contribution in [1.82, 2.24) is 14.7 Å². The summed E-state index contributed by atoms with van der Waals surface area (Å²) >= 11 is 0. The lowest BCUT2D eigenvalue weighted by Gasteiger charge is -2.32. The standard InChI is InChI=1S/C11H21N3O/c1-12(2)10(15)14-8-6-11(9-14)5-4-7-13(11)3/h4-9H2,1-3H3. The highest BCUT2D eigenvalue weighted by molar-refractivity contribution is 5.74. The molecule has 0 N–H and O–H groups in total. The maximum atomic E-state index is 11.8. The number of carbonyl (C=O) groups excluding carboxylic acids is 1. The van der Waals surface area contributed by atoms with Gasteiger partial charge in [-0.15, -0.1) is 0 Å². The van der Waals surface area contributed by atoms with Crippen LogP contribution >= 0.6 is 0 Å². The van der Waals surface area contributed by atoms with Gasteiger partial charge in [0, 0.05) is 32.7 Å². The van der Waals surface area contributed by atoms with E-state index in [9.17, 15) is 4.79 Å². The molecular formula is C11H21N3O. The number of hydrogen-bond acceptors (Lipinski definition) is 2. The van der Waals surface area contributed by atoms with E-state index in [1.165, 1.54) is 19.4 Å². The lowest BCUT2D eigenvalue weighted by atomic mass is 9.96. The van der Waals surface area contributed by atoms with Crippen LogP contribution in [0, 0.1) is 0 Å². The Morgan fingerprint density at radius 1 is 1.27 bits per heavy atom. The average molecular weight is 211 g/mol. The van der Waals surface area contributed by atoms with E-state index in [1.54, 1.807) is 4.90 Å². The molecule has 0 aromatic rings. The quantitative estimate of drug-likeness (QED) is 0.593. The second-order valence-corrected chi connectivity index (χ2v) is 5.10. The van der Waals surface area contributed by atoms with E-state index in [0.717, 1.165) is 19.5 Å². The fourth-order valence-corrected chi connectivity index (χ4v) is 2.89. The molecule has 86 valence electrons. The van der Waals surface area contributed by atoms with Gasteiger partial charge in [0.05, 0.1) is 0 Å². The predicted molar refractivity (Wildman–Crippen MR) is 59.9 cm³/mol. The minimum absolute atomic E-state index is 0.159. The second kappa shape index (κ2) is 3.67. The summed E-state index contributed by atoms with van der Waals surface area (Å²) < 4.78 is 0. The number of urea groups is 1. The topological polar surface area (TPSA) is 26.8 Å². The minimum atomic E-state index is 0.159. The van der Waals surface area contributed by atoms with Crippen LogP contribution in [0.15, 0.2) is 0 Å². The zero-order valence-electron chi connectivity index (χ0n) is 9.99. The molecule has 2 aliphatic rings. The molecule has 0 aromatic carbocycles. The Kier molecular flexibility index (Phi) is 2.63. The third kappa shape index (κ3) is 1.71. The first-order valence-electron chi connectivity index (χ1n) is 5.73. The lowest BCUT2D eigenvalue weighted by molar-refractivity contribution is 0.156. The molecule has 2 amide bonds. The van der Waals surface area contributed by atoms with Crippen molar-refractivity contribution in [3.05, 3.63) is 0 Å². The third-order valence-electron chi connectivity index (χ3n) is 3.93. The van der Waals surface area contributed by atoms with Crippen molar-refractivity contribution in [2.45, 2.75) is 24.8 Å². The second-order valence-electron chi connectivity index (χ2n) is 5.10. The van der Waals surface area contributed by atoms with Crippen molar-refractivity contribution < 1.29 is 4.79 Å². The number of nitrogens with zero attached hydrogens (tertiary/aromatic N) is 3. The normalized spacial score (nSPS) is 31.5. The zero-order valence-corrected chi connectivity index (χ0v) is 9.99. The Hall–Kier alpha value is -0.770. The first-order chi connectivity index (χ1) is 7.05. The molecule has 2 saturated heterocycles. The van der Waals surface area contributed by atoms with Crippen LogP contribution in [0.1, 0.15) is 19.3 Å². The minimum Gasteiger partial charge on any atom is -0.331 e. The van der Waals surface area contributed by atoms with Gasteiger partial charge in [0.1, 0.15) is 0 Å². The predicted octanol–water partition coefficient (Wildman–Crippen LogP) is 0.838. The van der Waals surface area contributed by atoms with E-state index >= 15 is 0 Å². The van der Waals surface area contributed by atoms with Gasteiger partial charge in [-0.25, -0.2) is 4.79 Å². The monoisotopic (exact) mass is 211 g/mol. The molecule has 2 heterocycles. The first-order valence-corrected chi connectivity index (χ1v) is 5.73. The van der Waals surface area contributed by atoms with Crippen LogP contribution in [-0.4, -0.2) is 67.0 Å². The molecule has 4 nitrogen and oxygen atoms in total. The molecule has 0 bridgehead atoms. The summed E-state index contributed by atoms with van der Waals surface area (Å²) in [7, 11) is 5.84. The van der Waals surface area contributed by atoms with Gasteiger partial charge >= 0.3 is 6.03 Å². The SMILES string of the molecule is CN(C)C(=O)N1CCC2(CCCN2C)C1. The zero-order chi connectivity index (χ0) is 11.1. The van der Waals surface area contributed by atoms with Crippen molar-refractivity contribution in [1.29, 1.82) is 0 Å². The van der Waals surface area contributed by atoms with Gasteiger partial charge in [0.2, 0.25) is 0 Å². The highest BCUT2D eigenvalue weighted by Gasteiger charge is 2.45. The Bertz CT molecular complexity index is 267.